The van der Waals surface area contributed by atoms with E-state index in [1.807, 2.05) is 31.2 Å². The van der Waals surface area contributed by atoms with Crippen LogP contribution < -0.4 is 10.0 Å². The van der Waals surface area contributed by atoms with Crippen LogP contribution >= 0.6 is 0 Å². The summed E-state index contributed by atoms with van der Waals surface area (Å²) >= 11 is 0. The lowest BCUT2D eigenvalue weighted by Crippen LogP contribution is -2.46. The van der Waals surface area contributed by atoms with E-state index >= 15 is 0 Å². The van der Waals surface area contributed by atoms with Crippen LogP contribution in [0.15, 0.2) is 65.6 Å². The molecule has 0 bridgehead atoms. The van der Waals surface area contributed by atoms with Gasteiger partial charge in [-0.3, -0.25) is 9.59 Å². The van der Waals surface area contributed by atoms with Crippen LogP contribution in [0.4, 0.5) is 10.5 Å². The minimum absolute atomic E-state index is 0.150. The molecular formula is C32H42N4O7S. The molecule has 44 heavy (non-hydrogen) atoms. The van der Waals surface area contributed by atoms with Crippen LogP contribution in [-0.2, 0) is 19.6 Å². The highest BCUT2D eigenvalue weighted by Gasteiger charge is 2.28. The Kier molecular flexibility index (Phi) is 13.1. The molecule has 4 rings (SSSR count). The van der Waals surface area contributed by atoms with Gasteiger partial charge in [-0.2, -0.15) is 0 Å². The van der Waals surface area contributed by atoms with Crippen molar-refractivity contribution in [1.29, 1.82) is 0 Å². The number of carboxylic acid groups (broad SMARTS) is 1. The Morgan fingerprint density at radius 2 is 1.61 bits per heavy atom. The number of likely N-dealkylation sites (tertiary alicyclic amines) is 1. The number of sulfonamides is 1. The van der Waals surface area contributed by atoms with E-state index in [1.165, 1.54) is 6.07 Å². The molecule has 0 atom stereocenters. The van der Waals surface area contributed by atoms with Gasteiger partial charge in [0.25, 0.3) is 12.4 Å². The molecule has 0 spiro atoms. The van der Waals surface area contributed by atoms with Crippen molar-refractivity contribution < 1.29 is 32.6 Å². The number of nitrogens with one attached hydrogen (secondary N) is 2. The average molecular weight is 627 g/mol. The minimum Gasteiger partial charge on any atom is -0.483 e. The van der Waals surface area contributed by atoms with Crippen LogP contribution in [0.2, 0.25) is 0 Å². The SMILES string of the molecule is CCN(CC)CCCOC(=O)N1CCC(NS(=O)(=O)c2ccc(NC(=O)c3ccccc3C)c3ccccc23)CC1.O=CO. The molecule has 0 aromatic heterocycles. The van der Waals surface area contributed by atoms with Crippen molar-refractivity contribution >= 4 is 45.0 Å². The first kappa shape index (κ1) is 34.5. The van der Waals surface area contributed by atoms with Gasteiger partial charge >= 0.3 is 6.09 Å². The first-order valence-electron chi connectivity index (χ1n) is 14.8. The standard InChI is InChI=1S/C31H40N4O5S.CH2O2/c1-4-34(5-2)19-10-22-40-31(37)35-20-17-24(18-21-35)33-41(38,39)29-16-15-28(26-13-8-9-14-27(26)29)32-30(36)25-12-7-6-11-23(25)3;2-1-3/h6-9,11-16,24,33H,4-5,10,17-22H2,1-3H3,(H,32,36);1H,(H,2,3). The number of ether oxygens (including phenoxy) is 1. The number of hydrogen-bond acceptors (Lipinski definition) is 7. The topological polar surface area (TPSA) is 145 Å². The number of carbonyl (C=O) groups is 3. The van der Waals surface area contributed by atoms with Gasteiger partial charge in [0, 0.05) is 47.7 Å². The molecule has 11 nitrogen and oxygen atoms in total. The molecule has 1 saturated heterocycles. The maximum absolute atomic E-state index is 13.5. The van der Waals surface area contributed by atoms with Gasteiger partial charge in [-0.05, 0) is 63.0 Å². The zero-order chi connectivity index (χ0) is 32.1. The summed E-state index contributed by atoms with van der Waals surface area (Å²) in [6.45, 7) is 9.89. The van der Waals surface area contributed by atoms with E-state index in [4.69, 9.17) is 14.6 Å². The van der Waals surface area contributed by atoms with Gasteiger partial charge in [-0.25, -0.2) is 17.9 Å². The molecule has 1 heterocycles. The first-order chi connectivity index (χ1) is 21.1. The number of piperidine rings is 1. The average Bonchev–Trinajstić information content (AvgIpc) is 3.02. The Bertz CT molecular complexity index is 1520. The van der Waals surface area contributed by atoms with E-state index in [1.54, 1.807) is 35.2 Å². The fraction of sp³-hybridized carbons (Fsp3) is 0.406. The number of benzene rings is 3. The van der Waals surface area contributed by atoms with Crippen molar-refractivity contribution in [2.75, 3.05) is 44.6 Å². The second-order valence-corrected chi connectivity index (χ2v) is 12.1. The summed E-state index contributed by atoms with van der Waals surface area (Å²) < 4.78 is 35.3. The highest BCUT2D eigenvalue weighted by Crippen LogP contribution is 2.30. The van der Waals surface area contributed by atoms with Gasteiger partial charge in [-0.1, -0.05) is 56.3 Å². The normalized spacial score (nSPS) is 13.7. The molecule has 0 aliphatic carbocycles. The van der Waals surface area contributed by atoms with E-state index in [-0.39, 0.29) is 29.4 Å². The Morgan fingerprint density at radius 3 is 2.25 bits per heavy atom. The van der Waals surface area contributed by atoms with Crippen LogP contribution in [0.1, 0.15) is 49.0 Å². The van der Waals surface area contributed by atoms with Gasteiger partial charge < -0.3 is 25.0 Å². The van der Waals surface area contributed by atoms with Crippen LogP contribution in [-0.4, -0.2) is 87.2 Å². The Morgan fingerprint density at radius 1 is 1.00 bits per heavy atom. The van der Waals surface area contributed by atoms with Crippen LogP contribution in [0, 0.1) is 6.92 Å². The number of carbonyl (C=O) groups excluding carboxylic acids is 2. The summed E-state index contributed by atoms with van der Waals surface area (Å²) in [6.07, 6.45) is 1.43. The highest BCUT2D eigenvalue weighted by molar-refractivity contribution is 7.89. The number of hydrogen-bond donors (Lipinski definition) is 3. The molecule has 3 N–H and O–H groups in total. The molecule has 0 radical (unpaired) electrons. The van der Waals surface area contributed by atoms with E-state index < -0.39 is 10.0 Å². The number of nitrogens with zero attached hydrogens (tertiary/aromatic N) is 2. The monoisotopic (exact) mass is 626 g/mol. The third-order valence-corrected chi connectivity index (χ3v) is 9.20. The second-order valence-electron chi connectivity index (χ2n) is 10.4. The maximum Gasteiger partial charge on any atom is 0.409 e. The summed E-state index contributed by atoms with van der Waals surface area (Å²) in [7, 11) is -3.86. The van der Waals surface area contributed by atoms with Crippen molar-refractivity contribution in [3.63, 3.8) is 0 Å². The smallest absolute Gasteiger partial charge is 0.409 e. The molecule has 0 saturated carbocycles. The number of rotatable bonds is 11. The molecule has 1 aliphatic heterocycles. The Labute approximate surface area is 259 Å². The largest absolute Gasteiger partial charge is 0.483 e. The van der Waals surface area contributed by atoms with Gasteiger partial charge in [0.1, 0.15) is 0 Å². The van der Waals surface area contributed by atoms with Crippen molar-refractivity contribution in [1.82, 2.24) is 14.5 Å². The zero-order valence-electron chi connectivity index (χ0n) is 25.5. The first-order valence-corrected chi connectivity index (χ1v) is 16.3. The number of amides is 2. The van der Waals surface area contributed by atoms with E-state index in [9.17, 15) is 18.0 Å². The molecule has 3 aromatic carbocycles. The molecule has 2 amide bonds. The highest BCUT2D eigenvalue weighted by atomic mass is 32.2. The lowest BCUT2D eigenvalue weighted by atomic mass is 10.1. The Balaban J connectivity index is 0.00000169. The lowest BCUT2D eigenvalue weighted by Gasteiger charge is -2.31. The predicted octanol–water partition coefficient (Wildman–Crippen LogP) is 4.71. The predicted molar refractivity (Wildman–Crippen MR) is 170 cm³/mol. The molecule has 1 aliphatic rings. The van der Waals surface area contributed by atoms with Crippen LogP contribution in [0.25, 0.3) is 10.8 Å². The fourth-order valence-corrected chi connectivity index (χ4v) is 6.69. The van der Waals surface area contributed by atoms with Gasteiger partial charge in [0.05, 0.1) is 11.5 Å². The fourth-order valence-electron chi connectivity index (χ4n) is 5.17. The van der Waals surface area contributed by atoms with Gasteiger partial charge in [-0.15, -0.1) is 0 Å². The summed E-state index contributed by atoms with van der Waals surface area (Å²) in [6, 6.07) is 17.3. The number of anilines is 1. The van der Waals surface area contributed by atoms with Crippen LogP contribution in [0.3, 0.4) is 0 Å². The zero-order valence-corrected chi connectivity index (χ0v) is 26.3. The van der Waals surface area contributed by atoms with E-state index in [0.29, 0.717) is 54.6 Å². The lowest BCUT2D eigenvalue weighted by molar-refractivity contribution is -0.122. The molecule has 0 unspecified atom stereocenters. The Hall–Kier alpha value is -4.00. The molecule has 1 fully saturated rings. The molecular weight excluding hydrogens is 584 g/mol. The maximum atomic E-state index is 13.5. The summed E-state index contributed by atoms with van der Waals surface area (Å²) in [5, 5.41) is 11.0. The van der Waals surface area contributed by atoms with Crippen LogP contribution in [0.5, 0.6) is 0 Å². The van der Waals surface area contributed by atoms with Crippen molar-refractivity contribution in [2.45, 2.75) is 51.0 Å². The van der Waals surface area contributed by atoms with E-state index in [0.717, 1.165) is 31.6 Å². The third-order valence-electron chi connectivity index (χ3n) is 7.63. The van der Waals surface area contributed by atoms with Crippen molar-refractivity contribution in [3.05, 3.63) is 71.8 Å². The quantitative estimate of drug-likeness (QED) is 0.205. The van der Waals surface area contributed by atoms with Gasteiger partial charge in [0.2, 0.25) is 10.0 Å². The molecule has 12 heteroatoms. The summed E-state index contributed by atoms with van der Waals surface area (Å²) in [5.41, 5.74) is 1.95. The van der Waals surface area contributed by atoms with Crippen molar-refractivity contribution in [3.8, 4) is 0 Å². The minimum atomic E-state index is -3.86. The summed E-state index contributed by atoms with van der Waals surface area (Å²) in [5.74, 6) is -0.254. The summed E-state index contributed by atoms with van der Waals surface area (Å²) in [4.78, 5) is 37.9. The van der Waals surface area contributed by atoms with Gasteiger partial charge in [0.15, 0.2) is 0 Å². The van der Waals surface area contributed by atoms with Crippen molar-refractivity contribution in [2.24, 2.45) is 0 Å². The third kappa shape index (κ3) is 9.25. The molecule has 238 valence electrons. The number of fused-ring (bicyclic) bond motifs is 1. The number of aryl methyl sites for hydroxylation is 1. The molecule has 3 aromatic rings. The second kappa shape index (κ2) is 16.7. The van der Waals surface area contributed by atoms with E-state index in [2.05, 4.69) is 28.8 Å².